The van der Waals surface area contributed by atoms with E-state index in [0.29, 0.717) is 61.7 Å². The van der Waals surface area contributed by atoms with Crippen LogP contribution in [0, 0.1) is 47.3 Å². The number of aromatic nitrogens is 8. The Balaban J connectivity index is 0.644. The molecule has 20 nitrogen and oxygen atoms in total. The SMILES string of the molecule is O=C1C2C(C(=O)N1c1cc(-c3ccncc3)cc(-c3ccncc3)c1)C1C(=O)N(c3cc(-c4ccncc4)cc(-c4ccnc(-c5cc(-c6cc(-c7ccncc7)cc(N7C(=O)C8C9C(=O)N(c%10cc(-c%11ccncc%11)cc(-c%11cccnc%11)c%10)C(=O)C9C8C7=O)c6)ccn5)c4)c3)C(=O)C21. The molecular formula is C80H50N12O8. The Morgan fingerprint density at radius 2 is 0.420 bits per heavy atom. The van der Waals surface area contributed by atoms with E-state index in [1.807, 2.05) is 103 Å². The number of imide groups is 4. The van der Waals surface area contributed by atoms with Crippen molar-refractivity contribution < 1.29 is 38.4 Å². The number of nitrogens with zero attached hydrogens (tertiary/aromatic N) is 12. The van der Waals surface area contributed by atoms with Crippen molar-refractivity contribution in [1.82, 2.24) is 39.9 Å². The van der Waals surface area contributed by atoms with Gasteiger partial charge in [-0.15, -0.1) is 0 Å². The van der Waals surface area contributed by atoms with Crippen LogP contribution in [0.2, 0.25) is 0 Å². The van der Waals surface area contributed by atoms with Gasteiger partial charge in [0.2, 0.25) is 47.3 Å². The number of rotatable bonds is 13. The molecule has 6 fully saturated rings. The number of anilines is 4. The lowest BCUT2D eigenvalue weighted by Gasteiger charge is -2.36. The van der Waals surface area contributed by atoms with Crippen molar-refractivity contribution in [2.45, 2.75) is 0 Å². The van der Waals surface area contributed by atoms with E-state index in [0.717, 1.165) is 69.7 Å². The zero-order valence-electron chi connectivity index (χ0n) is 52.5. The predicted octanol–water partition coefficient (Wildman–Crippen LogP) is 11.7. The lowest BCUT2D eigenvalue weighted by Crippen LogP contribution is -2.50. The molecule has 2 aliphatic carbocycles. The van der Waals surface area contributed by atoms with Gasteiger partial charge in [0, 0.05) is 92.3 Å². The highest BCUT2D eigenvalue weighted by atomic mass is 16.2. The van der Waals surface area contributed by atoms with Gasteiger partial charge in [0.15, 0.2) is 0 Å². The average Bonchev–Trinajstić information content (AvgIpc) is 1.53. The molecule has 0 N–H and O–H groups in total. The summed E-state index contributed by atoms with van der Waals surface area (Å²) in [6, 6.07) is 51.0. The van der Waals surface area contributed by atoms with E-state index < -0.39 is 94.6 Å². The first-order valence-corrected chi connectivity index (χ1v) is 32.4. The highest BCUT2D eigenvalue weighted by Gasteiger charge is 2.75. The van der Waals surface area contributed by atoms with Crippen LogP contribution in [-0.4, -0.2) is 87.1 Å². The van der Waals surface area contributed by atoms with E-state index in [1.54, 1.807) is 153 Å². The van der Waals surface area contributed by atoms with Gasteiger partial charge in [0.25, 0.3) is 0 Å². The van der Waals surface area contributed by atoms with Crippen LogP contribution in [0.1, 0.15) is 0 Å². The monoisotopic (exact) mass is 1310 g/mol. The van der Waals surface area contributed by atoms with Crippen molar-refractivity contribution in [2.24, 2.45) is 47.3 Å². The maximum absolute atomic E-state index is 15.0. The van der Waals surface area contributed by atoms with Gasteiger partial charge < -0.3 is 0 Å². The third-order valence-corrected chi connectivity index (χ3v) is 20.4. The van der Waals surface area contributed by atoms with Crippen molar-refractivity contribution in [3.63, 3.8) is 0 Å². The summed E-state index contributed by atoms with van der Waals surface area (Å²) in [7, 11) is 0. The van der Waals surface area contributed by atoms with Gasteiger partial charge in [-0.25, -0.2) is 19.6 Å². The zero-order chi connectivity index (χ0) is 67.6. The number of fused-ring (bicyclic) bond motifs is 8. The van der Waals surface area contributed by atoms with E-state index in [4.69, 9.17) is 9.97 Å². The molecule has 18 rings (SSSR count). The molecule has 478 valence electrons. The van der Waals surface area contributed by atoms with E-state index in [1.165, 1.54) is 0 Å². The van der Waals surface area contributed by atoms with Crippen LogP contribution in [0.15, 0.2) is 257 Å². The third kappa shape index (κ3) is 9.43. The number of pyridine rings is 8. The molecule has 20 heteroatoms. The molecule has 4 aromatic carbocycles. The van der Waals surface area contributed by atoms with Gasteiger partial charge in [0.1, 0.15) is 0 Å². The molecule has 2 saturated carbocycles. The predicted molar refractivity (Wildman–Crippen MR) is 369 cm³/mol. The minimum Gasteiger partial charge on any atom is -0.274 e. The smallest absolute Gasteiger partial charge is 0.238 e. The van der Waals surface area contributed by atoms with Crippen LogP contribution in [0.5, 0.6) is 0 Å². The molecule has 12 heterocycles. The summed E-state index contributed by atoms with van der Waals surface area (Å²) < 4.78 is 0. The van der Waals surface area contributed by atoms with Crippen molar-refractivity contribution in [1.29, 1.82) is 0 Å². The Labute approximate surface area is 569 Å². The molecule has 6 aliphatic rings. The molecule has 4 aliphatic heterocycles. The Hall–Kier alpha value is -13.4. The Morgan fingerprint density at radius 3 is 0.650 bits per heavy atom. The zero-order valence-corrected chi connectivity index (χ0v) is 52.5. The largest absolute Gasteiger partial charge is 0.274 e. The van der Waals surface area contributed by atoms with Crippen LogP contribution >= 0.6 is 0 Å². The number of benzene rings is 4. The minimum atomic E-state index is -1.07. The summed E-state index contributed by atoms with van der Waals surface area (Å²) in [5.74, 6) is -13.0. The van der Waals surface area contributed by atoms with E-state index in [2.05, 4.69) is 29.9 Å². The standard InChI is InChI=1S/C80H50N12O8/c93-73-65-66(74(94)89(73)59-32-51(43-3-16-81-17-4-43)28-52(33-59)44-5-18-82-19-6-44)68-67(65)75(95)90(76(68)96)60-34-53(45-7-20-83-21-8-45)29-56(37-60)48-13-26-87-63(40-48)64-41-49(14-27-88-64)57-30-54(46-9-22-84-23-10-46)35-61(38-57)91-77(97)69-70(78(91)98)72-71(69)79(99)92(80(72)100)62-36-55(47-11-24-85-25-12-47)31-58(39-62)50-2-1-15-86-42-50/h1-42,65-72H. The van der Waals surface area contributed by atoms with Crippen molar-refractivity contribution >= 4 is 70.0 Å². The summed E-state index contributed by atoms with van der Waals surface area (Å²) in [5.41, 5.74) is 13.5. The average molecular weight is 1310 g/mol. The van der Waals surface area contributed by atoms with Crippen molar-refractivity contribution in [3.05, 3.63) is 257 Å². The van der Waals surface area contributed by atoms with Crippen LogP contribution in [-0.2, 0) is 38.4 Å². The van der Waals surface area contributed by atoms with Crippen molar-refractivity contribution in [2.75, 3.05) is 19.6 Å². The highest BCUT2D eigenvalue weighted by Crippen LogP contribution is 2.60. The minimum absolute atomic E-state index is 0.253. The fraction of sp³-hybridized carbons (Fsp3) is 0.100. The fourth-order valence-electron chi connectivity index (χ4n) is 15.6. The van der Waals surface area contributed by atoms with Gasteiger partial charge in [-0.1, -0.05) is 6.07 Å². The maximum atomic E-state index is 15.0. The quantitative estimate of drug-likeness (QED) is 0.0973. The molecular weight excluding hydrogens is 1260 g/mol. The molecule has 0 radical (unpaired) electrons. The van der Waals surface area contributed by atoms with Crippen LogP contribution in [0.4, 0.5) is 22.7 Å². The molecule has 0 spiro atoms. The number of hydrogen-bond acceptors (Lipinski definition) is 16. The summed E-state index contributed by atoms with van der Waals surface area (Å²) in [6.07, 6.45) is 23.1. The van der Waals surface area contributed by atoms with Crippen molar-refractivity contribution in [3.8, 4) is 100 Å². The molecule has 0 bridgehead atoms. The Bertz CT molecular complexity index is 4950. The molecule has 4 saturated heterocycles. The molecule has 8 amide bonds. The van der Waals surface area contributed by atoms with Gasteiger partial charge >= 0.3 is 0 Å². The normalized spacial score (nSPS) is 21.1. The molecule has 8 atom stereocenters. The van der Waals surface area contributed by atoms with E-state index >= 15 is 0 Å². The molecule has 8 unspecified atom stereocenters. The van der Waals surface area contributed by atoms with E-state index in [-0.39, 0.29) is 11.4 Å². The topological polar surface area (TPSA) is 253 Å². The number of carbonyl (C=O) groups is 8. The lowest BCUT2D eigenvalue weighted by molar-refractivity contribution is -0.146. The Morgan fingerprint density at radius 1 is 0.200 bits per heavy atom. The molecule has 12 aromatic rings. The maximum Gasteiger partial charge on any atom is 0.238 e. The number of amides is 8. The third-order valence-electron chi connectivity index (χ3n) is 20.4. The second kappa shape index (κ2) is 23.2. The number of carbonyl (C=O) groups excluding carboxylic acids is 8. The fourth-order valence-corrected chi connectivity index (χ4v) is 15.6. The lowest BCUT2D eigenvalue weighted by atomic mass is 9.59. The Kier molecular flexibility index (Phi) is 13.7. The second-order valence-electron chi connectivity index (χ2n) is 25.6. The summed E-state index contributed by atoms with van der Waals surface area (Å²) >= 11 is 0. The van der Waals surface area contributed by atoms with Gasteiger partial charge in [-0.3, -0.25) is 78.2 Å². The first-order chi connectivity index (χ1) is 48.9. The first-order valence-electron chi connectivity index (χ1n) is 32.4. The summed E-state index contributed by atoms with van der Waals surface area (Å²) in [4.78, 5) is 158. The van der Waals surface area contributed by atoms with Gasteiger partial charge in [0.05, 0.1) is 81.5 Å². The van der Waals surface area contributed by atoms with Gasteiger partial charge in [-0.05, 0) is 247 Å². The summed E-state index contributed by atoms with van der Waals surface area (Å²) in [5, 5.41) is 0. The molecule has 100 heavy (non-hydrogen) atoms. The second-order valence-corrected chi connectivity index (χ2v) is 25.6. The van der Waals surface area contributed by atoms with Crippen LogP contribution < -0.4 is 19.6 Å². The highest BCUT2D eigenvalue weighted by molar-refractivity contribution is 6.34. The van der Waals surface area contributed by atoms with Gasteiger partial charge in [-0.2, -0.15) is 0 Å². The van der Waals surface area contributed by atoms with Crippen LogP contribution in [0.3, 0.4) is 0 Å². The van der Waals surface area contributed by atoms with E-state index in [9.17, 15) is 38.4 Å². The number of hydrogen-bond donors (Lipinski definition) is 0. The summed E-state index contributed by atoms with van der Waals surface area (Å²) in [6.45, 7) is 0. The van der Waals surface area contributed by atoms with Crippen LogP contribution in [0.25, 0.3) is 100 Å². The molecule has 8 aromatic heterocycles. The first kappa shape index (κ1) is 59.2.